The van der Waals surface area contributed by atoms with Crippen LogP contribution in [-0.4, -0.2) is 37.2 Å². The van der Waals surface area contributed by atoms with Crippen molar-refractivity contribution in [1.29, 1.82) is 0 Å². The number of carbonyl (C=O) groups excluding carboxylic acids is 3. The lowest BCUT2D eigenvalue weighted by atomic mass is 9.99. The molecule has 0 spiro atoms. The summed E-state index contributed by atoms with van der Waals surface area (Å²) < 4.78 is 16.9. The fourth-order valence-corrected chi connectivity index (χ4v) is 9.50. The van der Waals surface area contributed by atoms with Crippen LogP contribution in [0.1, 0.15) is 343 Å². The Morgan fingerprint density at radius 2 is 0.515 bits per heavy atom. The second-order valence-corrected chi connectivity index (χ2v) is 22.5. The first-order valence-electron chi connectivity index (χ1n) is 30.6. The summed E-state index contributed by atoms with van der Waals surface area (Å²) in [5, 5.41) is 0. The van der Waals surface area contributed by atoms with Gasteiger partial charge in [0.1, 0.15) is 13.2 Å². The van der Waals surface area contributed by atoms with E-state index >= 15 is 0 Å². The maximum atomic E-state index is 12.9. The predicted molar refractivity (Wildman–Crippen MR) is 293 cm³/mol. The molecule has 1 unspecified atom stereocenters. The van der Waals surface area contributed by atoms with Crippen molar-refractivity contribution in [3.05, 3.63) is 0 Å². The zero-order chi connectivity index (χ0) is 49.8. The van der Waals surface area contributed by atoms with Crippen molar-refractivity contribution in [3.8, 4) is 0 Å². The van der Waals surface area contributed by atoms with Crippen LogP contribution in [0.2, 0.25) is 0 Å². The van der Waals surface area contributed by atoms with Crippen LogP contribution in [0, 0.1) is 17.8 Å². The Morgan fingerprint density at radius 3 is 0.765 bits per heavy atom. The fraction of sp³-hybridized carbons (Fsp3) is 0.952. The maximum Gasteiger partial charge on any atom is 0.306 e. The van der Waals surface area contributed by atoms with Crippen LogP contribution in [-0.2, 0) is 28.6 Å². The summed E-state index contributed by atoms with van der Waals surface area (Å²) in [5.41, 5.74) is 0. The summed E-state index contributed by atoms with van der Waals surface area (Å²) in [6.45, 7) is 13.8. The Kier molecular flexibility index (Phi) is 52.0. The van der Waals surface area contributed by atoms with Gasteiger partial charge in [-0.15, -0.1) is 0 Å². The van der Waals surface area contributed by atoms with Crippen molar-refractivity contribution in [2.75, 3.05) is 13.2 Å². The molecular formula is C62H120O6. The molecule has 0 fully saturated rings. The molecule has 0 saturated carbocycles. The zero-order valence-corrected chi connectivity index (χ0v) is 46.9. The number of hydrogen-bond donors (Lipinski definition) is 0. The summed E-state index contributed by atoms with van der Waals surface area (Å²) in [7, 11) is 0. The average molecular weight is 962 g/mol. The van der Waals surface area contributed by atoms with Crippen LogP contribution in [0.3, 0.4) is 0 Å². The summed E-state index contributed by atoms with van der Waals surface area (Å²) in [6, 6.07) is 0. The zero-order valence-electron chi connectivity index (χ0n) is 46.9. The molecule has 0 amide bonds. The minimum absolute atomic E-state index is 0.0630. The second kappa shape index (κ2) is 53.2. The van der Waals surface area contributed by atoms with E-state index in [-0.39, 0.29) is 31.1 Å². The maximum absolute atomic E-state index is 12.9. The van der Waals surface area contributed by atoms with Gasteiger partial charge in [0.25, 0.3) is 0 Å². The molecule has 2 atom stereocenters. The molecule has 0 rings (SSSR count). The van der Waals surface area contributed by atoms with Gasteiger partial charge in [-0.05, 0) is 37.0 Å². The van der Waals surface area contributed by atoms with Gasteiger partial charge < -0.3 is 14.2 Å². The van der Waals surface area contributed by atoms with E-state index in [0.29, 0.717) is 19.3 Å². The average Bonchev–Trinajstić information content (AvgIpc) is 3.31. The van der Waals surface area contributed by atoms with Gasteiger partial charge in [-0.1, -0.05) is 305 Å². The van der Waals surface area contributed by atoms with Gasteiger partial charge in [-0.25, -0.2) is 0 Å². The lowest BCUT2D eigenvalue weighted by molar-refractivity contribution is -0.167. The van der Waals surface area contributed by atoms with E-state index in [1.807, 2.05) is 0 Å². The van der Waals surface area contributed by atoms with Gasteiger partial charge in [0.2, 0.25) is 0 Å². The minimum atomic E-state index is -0.764. The lowest BCUT2D eigenvalue weighted by Gasteiger charge is -2.18. The van der Waals surface area contributed by atoms with E-state index in [1.165, 1.54) is 225 Å². The molecule has 0 aromatic heterocycles. The van der Waals surface area contributed by atoms with Crippen molar-refractivity contribution >= 4 is 17.9 Å². The third kappa shape index (κ3) is 53.8. The SMILES string of the molecule is CCC(C)CCCCCCCCCCCCC(=O)OC[C@@H](COC(=O)CCCCCCCCCCCCCCCCCCC(C)C)OC(=O)CCCCCCCCCCCCCCCCC(C)C. The number of carbonyl (C=O) groups is 3. The molecule has 68 heavy (non-hydrogen) atoms. The van der Waals surface area contributed by atoms with E-state index in [0.717, 1.165) is 75.5 Å². The van der Waals surface area contributed by atoms with Gasteiger partial charge >= 0.3 is 17.9 Å². The smallest absolute Gasteiger partial charge is 0.306 e. The summed E-state index contributed by atoms with van der Waals surface area (Å²) >= 11 is 0. The molecule has 0 heterocycles. The third-order valence-corrected chi connectivity index (χ3v) is 14.5. The standard InChI is InChI=1S/C62H120O6/c1-7-58(6)50-44-38-32-26-22-23-28-34-40-46-52-61(64)67-55-59(68-62(65)53-47-41-35-29-21-17-13-12-15-19-25-31-37-43-49-57(4)5)54-66-60(63)51-45-39-33-27-20-16-11-9-8-10-14-18-24-30-36-42-48-56(2)3/h56-59H,7-55H2,1-6H3/t58?,59-/m1/s1. The summed E-state index contributed by atoms with van der Waals surface area (Å²) in [6.07, 6.45) is 56.6. The Bertz CT molecular complexity index is 1060. The van der Waals surface area contributed by atoms with E-state index < -0.39 is 6.10 Å². The highest BCUT2D eigenvalue weighted by Crippen LogP contribution is 2.19. The molecule has 6 nitrogen and oxygen atoms in total. The first-order chi connectivity index (χ1) is 33.1. The molecular weight excluding hydrogens is 841 g/mol. The molecule has 0 aliphatic carbocycles. The Hall–Kier alpha value is -1.59. The quantitative estimate of drug-likeness (QED) is 0.0343. The molecule has 0 N–H and O–H groups in total. The highest BCUT2D eigenvalue weighted by molar-refractivity contribution is 5.71. The van der Waals surface area contributed by atoms with E-state index in [2.05, 4.69) is 41.5 Å². The first kappa shape index (κ1) is 66.4. The highest BCUT2D eigenvalue weighted by Gasteiger charge is 2.19. The first-order valence-corrected chi connectivity index (χ1v) is 30.6. The van der Waals surface area contributed by atoms with Gasteiger partial charge in [-0.3, -0.25) is 14.4 Å². The van der Waals surface area contributed by atoms with Crippen LogP contribution in [0.5, 0.6) is 0 Å². The van der Waals surface area contributed by atoms with E-state index in [4.69, 9.17) is 14.2 Å². The topological polar surface area (TPSA) is 78.9 Å². The summed E-state index contributed by atoms with van der Waals surface area (Å²) in [5.74, 6) is 1.73. The molecule has 0 saturated heterocycles. The van der Waals surface area contributed by atoms with Crippen molar-refractivity contribution in [3.63, 3.8) is 0 Å². The van der Waals surface area contributed by atoms with Crippen LogP contribution >= 0.6 is 0 Å². The largest absolute Gasteiger partial charge is 0.462 e. The van der Waals surface area contributed by atoms with E-state index in [1.54, 1.807) is 0 Å². The predicted octanol–water partition coefficient (Wildman–Crippen LogP) is 20.3. The fourth-order valence-electron chi connectivity index (χ4n) is 9.50. The lowest BCUT2D eigenvalue weighted by Crippen LogP contribution is -2.30. The second-order valence-electron chi connectivity index (χ2n) is 22.5. The molecule has 0 aromatic carbocycles. The number of hydrogen-bond acceptors (Lipinski definition) is 6. The normalized spacial score (nSPS) is 12.5. The van der Waals surface area contributed by atoms with Crippen molar-refractivity contribution in [2.24, 2.45) is 17.8 Å². The van der Waals surface area contributed by atoms with Crippen molar-refractivity contribution in [2.45, 2.75) is 349 Å². The molecule has 0 radical (unpaired) electrons. The van der Waals surface area contributed by atoms with Gasteiger partial charge in [0.05, 0.1) is 0 Å². The van der Waals surface area contributed by atoms with Crippen LogP contribution < -0.4 is 0 Å². The van der Waals surface area contributed by atoms with Crippen molar-refractivity contribution < 1.29 is 28.6 Å². The molecule has 0 aliphatic rings. The van der Waals surface area contributed by atoms with Crippen molar-refractivity contribution in [1.82, 2.24) is 0 Å². The number of ether oxygens (including phenoxy) is 3. The molecule has 0 bridgehead atoms. The van der Waals surface area contributed by atoms with Gasteiger partial charge in [-0.2, -0.15) is 0 Å². The van der Waals surface area contributed by atoms with Gasteiger partial charge in [0, 0.05) is 19.3 Å². The Morgan fingerprint density at radius 1 is 0.294 bits per heavy atom. The monoisotopic (exact) mass is 961 g/mol. The van der Waals surface area contributed by atoms with Gasteiger partial charge in [0.15, 0.2) is 6.10 Å². The number of unbranched alkanes of at least 4 members (excludes halogenated alkanes) is 37. The Balaban J connectivity index is 4.29. The van der Waals surface area contributed by atoms with Crippen LogP contribution in [0.4, 0.5) is 0 Å². The Labute approximate surface area is 425 Å². The van der Waals surface area contributed by atoms with Crippen LogP contribution in [0.15, 0.2) is 0 Å². The van der Waals surface area contributed by atoms with Crippen LogP contribution in [0.25, 0.3) is 0 Å². The molecule has 404 valence electrons. The minimum Gasteiger partial charge on any atom is -0.462 e. The number of rotatable bonds is 55. The summed E-state index contributed by atoms with van der Waals surface area (Å²) in [4.78, 5) is 38.2. The van der Waals surface area contributed by atoms with E-state index in [9.17, 15) is 14.4 Å². The molecule has 0 aliphatic heterocycles. The number of esters is 3. The molecule has 0 aromatic rings. The highest BCUT2D eigenvalue weighted by atomic mass is 16.6. The third-order valence-electron chi connectivity index (χ3n) is 14.5. The molecule has 6 heteroatoms.